The van der Waals surface area contributed by atoms with Crippen molar-refractivity contribution in [2.24, 2.45) is 0 Å². The molecule has 0 aliphatic rings. The second kappa shape index (κ2) is 4.96. The molecule has 0 fully saturated rings. The van der Waals surface area contributed by atoms with Crippen LogP contribution >= 0.6 is 11.6 Å². The maximum atomic E-state index is 12.4. The number of pyridine rings is 1. The Bertz CT molecular complexity index is 790. The lowest BCUT2D eigenvalue weighted by atomic mass is 10.1. The molecule has 0 aliphatic heterocycles. The van der Waals surface area contributed by atoms with E-state index in [-0.39, 0.29) is 21.5 Å². The van der Waals surface area contributed by atoms with Crippen LogP contribution in [0, 0.1) is 0 Å². The number of fused-ring (bicyclic) bond motifs is 1. The highest BCUT2D eigenvalue weighted by Crippen LogP contribution is 2.37. The molecule has 1 aromatic carbocycles. The second-order valence-electron chi connectivity index (χ2n) is 5.72. The van der Waals surface area contributed by atoms with Crippen LogP contribution in [-0.2, 0) is 0 Å². The first-order chi connectivity index (χ1) is 9.61. The van der Waals surface area contributed by atoms with E-state index in [9.17, 15) is 19.8 Å². The third kappa shape index (κ3) is 2.80. The van der Waals surface area contributed by atoms with Crippen LogP contribution in [0.2, 0.25) is 5.02 Å². The van der Waals surface area contributed by atoms with Gasteiger partial charge in [-0.15, -0.1) is 0 Å². The van der Waals surface area contributed by atoms with Gasteiger partial charge in [0.2, 0.25) is 5.43 Å². The molecule has 7 heteroatoms. The van der Waals surface area contributed by atoms with Gasteiger partial charge in [0.05, 0.1) is 15.9 Å². The molecule has 0 saturated carbocycles. The molecule has 6 nitrogen and oxygen atoms in total. The normalized spacial score (nSPS) is 11.6. The van der Waals surface area contributed by atoms with Crippen molar-refractivity contribution in [3.8, 4) is 11.5 Å². The summed E-state index contributed by atoms with van der Waals surface area (Å²) in [6, 6.07) is 1.17. The van der Waals surface area contributed by atoms with Gasteiger partial charge in [-0.05, 0) is 20.8 Å². The molecule has 4 N–H and O–H groups in total. The summed E-state index contributed by atoms with van der Waals surface area (Å²) in [5.74, 6) is -1.59. The van der Waals surface area contributed by atoms with Gasteiger partial charge in [-0.3, -0.25) is 9.59 Å². The molecule has 21 heavy (non-hydrogen) atoms. The Morgan fingerprint density at radius 1 is 1.33 bits per heavy atom. The number of phenols is 2. The standard InChI is InChI=1S/C14H15ClN2O4/c1-14(2,3)17-13(21)6-5-16-7-4-8(18)12(20)10(15)9(7)11(6)19/h4-5,18,20H,1-3H3,(H,16,19)(H,17,21). The smallest absolute Gasteiger partial charge is 0.257 e. The second-order valence-corrected chi connectivity index (χ2v) is 6.09. The zero-order valence-electron chi connectivity index (χ0n) is 11.7. The summed E-state index contributed by atoms with van der Waals surface area (Å²) in [7, 11) is 0. The summed E-state index contributed by atoms with van der Waals surface area (Å²) in [5, 5.41) is 21.4. The summed E-state index contributed by atoms with van der Waals surface area (Å²) < 4.78 is 0. The lowest BCUT2D eigenvalue weighted by Gasteiger charge is -2.20. The minimum absolute atomic E-state index is 0.0477. The Morgan fingerprint density at radius 3 is 2.52 bits per heavy atom. The van der Waals surface area contributed by atoms with Gasteiger partial charge in [-0.2, -0.15) is 0 Å². The summed E-state index contributed by atoms with van der Waals surface area (Å²) in [6.07, 6.45) is 1.25. The quantitative estimate of drug-likeness (QED) is 0.606. The monoisotopic (exact) mass is 310 g/mol. The van der Waals surface area contributed by atoms with Crippen molar-refractivity contribution >= 4 is 28.4 Å². The zero-order valence-corrected chi connectivity index (χ0v) is 12.5. The molecule has 2 rings (SSSR count). The van der Waals surface area contributed by atoms with Crippen LogP contribution in [0.3, 0.4) is 0 Å². The molecule has 0 spiro atoms. The van der Waals surface area contributed by atoms with E-state index in [1.54, 1.807) is 20.8 Å². The average molecular weight is 311 g/mol. The molecule has 112 valence electrons. The van der Waals surface area contributed by atoms with Crippen molar-refractivity contribution in [3.05, 3.63) is 33.1 Å². The van der Waals surface area contributed by atoms with Crippen LogP contribution in [-0.4, -0.2) is 26.6 Å². The highest BCUT2D eigenvalue weighted by atomic mass is 35.5. The number of aromatic hydroxyl groups is 2. The molecule has 0 atom stereocenters. The Morgan fingerprint density at radius 2 is 1.95 bits per heavy atom. The SMILES string of the molecule is CC(C)(C)NC(=O)c1c[nH]c2cc(O)c(O)c(Cl)c2c1=O. The minimum Gasteiger partial charge on any atom is -0.504 e. The van der Waals surface area contributed by atoms with Gasteiger partial charge in [-0.1, -0.05) is 11.6 Å². The van der Waals surface area contributed by atoms with Gasteiger partial charge in [0.15, 0.2) is 11.5 Å². The van der Waals surface area contributed by atoms with Gasteiger partial charge >= 0.3 is 0 Å². The van der Waals surface area contributed by atoms with Crippen LogP contribution in [0.5, 0.6) is 11.5 Å². The molecule has 2 aromatic rings. The molecular weight excluding hydrogens is 296 g/mol. The lowest BCUT2D eigenvalue weighted by molar-refractivity contribution is 0.0918. The first-order valence-corrected chi connectivity index (χ1v) is 6.58. The number of carbonyl (C=O) groups excluding carboxylic acids is 1. The average Bonchev–Trinajstić information content (AvgIpc) is 2.33. The van der Waals surface area contributed by atoms with Gasteiger partial charge in [0.1, 0.15) is 5.56 Å². The van der Waals surface area contributed by atoms with Crippen LogP contribution < -0.4 is 10.7 Å². The maximum Gasteiger partial charge on any atom is 0.257 e. The maximum absolute atomic E-state index is 12.4. The van der Waals surface area contributed by atoms with Gasteiger partial charge < -0.3 is 20.5 Å². The first-order valence-electron chi connectivity index (χ1n) is 6.20. The fourth-order valence-corrected chi connectivity index (χ4v) is 2.17. The van der Waals surface area contributed by atoms with Crippen LogP contribution in [0.25, 0.3) is 10.9 Å². The van der Waals surface area contributed by atoms with E-state index in [1.807, 2.05) is 0 Å². The number of phenolic OH excluding ortho intramolecular Hbond substituents is 2. The van der Waals surface area contributed by atoms with E-state index >= 15 is 0 Å². The van der Waals surface area contributed by atoms with Crippen LogP contribution in [0.1, 0.15) is 31.1 Å². The van der Waals surface area contributed by atoms with Crippen molar-refractivity contribution in [2.45, 2.75) is 26.3 Å². The summed E-state index contributed by atoms with van der Waals surface area (Å²) in [5.41, 5.74) is -1.01. The minimum atomic E-state index is -0.620. The van der Waals surface area contributed by atoms with E-state index in [0.29, 0.717) is 0 Å². The van der Waals surface area contributed by atoms with E-state index in [0.717, 1.165) is 0 Å². The van der Waals surface area contributed by atoms with Crippen molar-refractivity contribution in [1.29, 1.82) is 0 Å². The number of aromatic nitrogens is 1. The van der Waals surface area contributed by atoms with Gasteiger partial charge in [0, 0.05) is 17.8 Å². The van der Waals surface area contributed by atoms with E-state index in [4.69, 9.17) is 11.6 Å². The predicted octanol–water partition coefficient (Wildman–Crippen LogP) is 2.12. The van der Waals surface area contributed by atoms with Crippen LogP contribution in [0.15, 0.2) is 17.1 Å². The molecule has 0 unspecified atom stereocenters. The molecule has 0 saturated heterocycles. The van der Waals surface area contributed by atoms with E-state index < -0.39 is 28.4 Å². The largest absolute Gasteiger partial charge is 0.504 e. The number of hydrogen-bond acceptors (Lipinski definition) is 4. The molecule has 1 aromatic heterocycles. The Labute approximate surface area is 125 Å². The molecule has 0 radical (unpaired) electrons. The zero-order chi connectivity index (χ0) is 15.9. The molecule has 1 amide bonds. The fraction of sp³-hybridized carbons (Fsp3) is 0.286. The summed E-state index contributed by atoms with van der Waals surface area (Å²) >= 11 is 5.88. The first kappa shape index (κ1) is 15.2. The van der Waals surface area contributed by atoms with E-state index in [2.05, 4.69) is 10.3 Å². The number of benzene rings is 1. The number of amides is 1. The number of H-pyrrole nitrogens is 1. The molecule has 0 aliphatic carbocycles. The Hall–Kier alpha value is -2.21. The number of rotatable bonds is 1. The van der Waals surface area contributed by atoms with Crippen molar-refractivity contribution in [2.75, 3.05) is 0 Å². The number of nitrogens with one attached hydrogen (secondary N) is 2. The third-order valence-corrected chi connectivity index (χ3v) is 3.17. The van der Waals surface area contributed by atoms with Crippen molar-refractivity contribution < 1.29 is 15.0 Å². The number of halogens is 1. The third-order valence-electron chi connectivity index (χ3n) is 2.80. The highest BCUT2D eigenvalue weighted by Gasteiger charge is 2.21. The fourth-order valence-electron chi connectivity index (χ4n) is 1.89. The predicted molar refractivity (Wildman–Crippen MR) is 80.1 cm³/mol. The number of aromatic amines is 1. The summed E-state index contributed by atoms with van der Waals surface area (Å²) in [4.78, 5) is 27.2. The molecule has 0 bridgehead atoms. The Balaban J connectivity index is 2.68. The summed E-state index contributed by atoms with van der Waals surface area (Å²) in [6.45, 7) is 5.37. The van der Waals surface area contributed by atoms with Gasteiger partial charge in [0.25, 0.3) is 5.91 Å². The van der Waals surface area contributed by atoms with E-state index in [1.165, 1.54) is 12.3 Å². The van der Waals surface area contributed by atoms with Gasteiger partial charge in [-0.25, -0.2) is 0 Å². The number of carbonyl (C=O) groups is 1. The topological polar surface area (TPSA) is 102 Å². The van der Waals surface area contributed by atoms with Crippen molar-refractivity contribution in [3.63, 3.8) is 0 Å². The Kier molecular flexibility index (Phi) is 3.59. The molecular formula is C14H15ClN2O4. The van der Waals surface area contributed by atoms with Crippen LogP contribution in [0.4, 0.5) is 0 Å². The number of hydrogen-bond donors (Lipinski definition) is 4. The molecule has 1 heterocycles. The highest BCUT2D eigenvalue weighted by molar-refractivity contribution is 6.37. The van der Waals surface area contributed by atoms with Crippen molar-refractivity contribution in [1.82, 2.24) is 10.3 Å². The lowest BCUT2D eigenvalue weighted by Crippen LogP contribution is -2.42.